The van der Waals surface area contributed by atoms with Gasteiger partial charge in [0, 0.05) is 49.5 Å². The van der Waals surface area contributed by atoms with Crippen molar-refractivity contribution in [3.8, 4) is 0 Å². The first-order chi connectivity index (χ1) is 15.3. The van der Waals surface area contributed by atoms with Gasteiger partial charge in [0.2, 0.25) is 5.91 Å². The third-order valence-corrected chi connectivity index (χ3v) is 5.04. The molecule has 0 saturated carbocycles. The molecule has 0 radical (unpaired) electrons. The molecular weight excluding hydrogens is 428 g/mol. The van der Waals surface area contributed by atoms with Crippen molar-refractivity contribution in [2.75, 3.05) is 18.4 Å². The molecule has 0 bridgehead atoms. The lowest BCUT2D eigenvalue weighted by molar-refractivity contribution is -0.116. The summed E-state index contributed by atoms with van der Waals surface area (Å²) in [5.74, 6) is -2.77. The van der Waals surface area contributed by atoms with E-state index >= 15 is 0 Å². The number of rotatable bonds is 2. The molecule has 2 aliphatic heterocycles. The van der Waals surface area contributed by atoms with Gasteiger partial charge in [-0.15, -0.1) is 0 Å². The van der Waals surface area contributed by atoms with Crippen molar-refractivity contribution in [2.24, 2.45) is 0 Å². The smallest absolute Gasteiger partial charge is 0.253 e. The van der Waals surface area contributed by atoms with Crippen molar-refractivity contribution in [3.63, 3.8) is 0 Å². The molecule has 0 saturated heterocycles. The van der Waals surface area contributed by atoms with Crippen molar-refractivity contribution < 1.29 is 27.2 Å². The lowest BCUT2D eigenvalue weighted by atomic mass is 10.0. The molecular formula is C22H18F4N4O2. The zero-order valence-electron chi connectivity index (χ0n) is 16.6. The predicted molar refractivity (Wildman–Crippen MR) is 110 cm³/mol. The Labute approximate surface area is 179 Å². The molecule has 3 aromatic rings. The van der Waals surface area contributed by atoms with Gasteiger partial charge >= 0.3 is 0 Å². The number of fused-ring (bicyclic) bond motifs is 3. The highest BCUT2D eigenvalue weighted by Crippen LogP contribution is 2.29. The number of nitrogens with one attached hydrogen (secondary N) is 4. The number of carbonyl (C=O) groups excluding carboxylic acids is 2. The summed E-state index contributed by atoms with van der Waals surface area (Å²) in [5.41, 5.74) is 1.53. The molecule has 2 aliphatic rings. The molecule has 2 aromatic carbocycles. The van der Waals surface area contributed by atoms with Crippen molar-refractivity contribution in [1.29, 1.82) is 0 Å². The second-order valence-corrected chi connectivity index (χ2v) is 7.22. The highest BCUT2D eigenvalue weighted by atomic mass is 19.1. The lowest BCUT2D eigenvalue weighted by Gasteiger charge is -2.16. The highest BCUT2D eigenvalue weighted by Gasteiger charge is 2.25. The minimum absolute atomic E-state index is 0.0425. The molecule has 0 spiro atoms. The molecule has 2 amide bonds. The number of amides is 2. The maximum atomic E-state index is 13.6. The molecule has 1 aromatic heterocycles. The maximum absolute atomic E-state index is 13.6. The van der Waals surface area contributed by atoms with Crippen LogP contribution in [0, 0.1) is 23.3 Å². The van der Waals surface area contributed by atoms with Gasteiger partial charge in [-0.05, 0) is 24.3 Å². The molecule has 0 fully saturated rings. The van der Waals surface area contributed by atoms with E-state index in [1.807, 2.05) is 0 Å². The van der Waals surface area contributed by atoms with E-state index in [4.69, 9.17) is 0 Å². The summed E-state index contributed by atoms with van der Waals surface area (Å²) in [7, 11) is 0. The standard InChI is InChI=1S/C11H8F2N2O.C11H10F2N2O/c12-5-1-2-6(13)10-8(5)9-7(15-10)3-4-14-11(9)16;12-7-1-2-9(13)10(5-7)15-8-3-4-14-11(16)6-8/h1-2,15H,3-4H2,(H,14,16);1-2,5-6,15H,3-4H2,(H,14,16). The average molecular weight is 446 g/mol. The minimum Gasteiger partial charge on any atom is -0.356 e. The molecule has 166 valence electrons. The number of aromatic amines is 1. The SMILES string of the molecule is O=C1C=C(Nc2cc(F)ccc2F)CCN1.O=C1NCCc2[nH]c3c(F)ccc(F)c3c21. The Bertz CT molecular complexity index is 1250. The summed E-state index contributed by atoms with van der Waals surface area (Å²) in [6.45, 7) is 0.983. The van der Waals surface area contributed by atoms with Crippen LogP contribution in [0.5, 0.6) is 0 Å². The first-order valence-corrected chi connectivity index (χ1v) is 9.80. The number of hydrogen-bond donors (Lipinski definition) is 4. The summed E-state index contributed by atoms with van der Waals surface area (Å²) in [6, 6.07) is 5.23. The zero-order valence-corrected chi connectivity index (χ0v) is 16.6. The first kappa shape index (κ1) is 21.4. The monoisotopic (exact) mass is 446 g/mol. The fourth-order valence-electron chi connectivity index (χ4n) is 3.58. The van der Waals surface area contributed by atoms with Crippen LogP contribution in [0.4, 0.5) is 23.2 Å². The van der Waals surface area contributed by atoms with Gasteiger partial charge in [-0.25, -0.2) is 17.6 Å². The normalized spacial score (nSPS) is 15.2. The third-order valence-electron chi connectivity index (χ3n) is 5.04. The van der Waals surface area contributed by atoms with Crippen LogP contribution in [-0.4, -0.2) is 29.9 Å². The second-order valence-electron chi connectivity index (χ2n) is 7.22. The quantitative estimate of drug-likeness (QED) is 0.455. The number of anilines is 1. The lowest BCUT2D eigenvalue weighted by Crippen LogP contribution is -2.31. The van der Waals surface area contributed by atoms with E-state index in [9.17, 15) is 27.2 Å². The molecule has 0 atom stereocenters. The number of halogens is 4. The third kappa shape index (κ3) is 4.29. The van der Waals surface area contributed by atoms with Crippen LogP contribution in [-0.2, 0) is 11.2 Å². The zero-order chi connectivity index (χ0) is 22.8. The van der Waals surface area contributed by atoms with Crippen LogP contribution in [0.25, 0.3) is 10.9 Å². The average Bonchev–Trinajstić information content (AvgIpc) is 3.16. The van der Waals surface area contributed by atoms with Crippen molar-refractivity contribution in [2.45, 2.75) is 12.8 Å². The summed E-state index contributed by atoms with van der Waals surface area (Å²) in [4.78, 5) is 25.4. The molecule has 3 heterocycles. The predicted octanol–water partition coefficient (Wildman–Crippen LogP) is 3.51. The van der Waals surface area contributed by atoms with Crippen LogP contribution in [0.2, 0.25) is 0 Å². The van der Waals surface area contributed by atoms with E-state index in [-0.39, 0.29) is 34.0 Å². The van der Waals surface area contributed by atoms with E-state index in [1.54, 1.807) is 0 Å². The van der Waals surface area contributed by atoms with Gasteiger partial charge in [0.1, 0.15) is 23.3 Å². The molecule has 0 unspecified atom stereocenters. The minimum atomic E-state index is -0.578. The van der Waals surface area contributed by atoms with Crippen LogP contribution in [0.3, 0.4) is 0 Å². The number of H-pyrrole nitrogens is 1. The Hall–Kier alpha value is -3.82. The Kier molecular flexibility index (Phi) is 5.85. The van der Waals surface area contributed by atoms with E-state index in [0.717, 1.165) is 30.3 Å². The Morgan fingerprint density at radius 1 is 0.844 bits per heavy atom. The molecule has 6 nitrogen and oxygen atoms in total. The molecule has 10 heteroatoms. The topological polar surface area (TPSA) is 86.0 Å². The summed E-state index contributed by atoms with van der Waals surface area (Å²) in [5, 5.41) is 7.97. The largest absolute Gasteiger partial charge is 0.356 e. The van der Waals surface area contributed by atoms with Crippen molar-refractivity contribution in [1.82, 2.24) is 15.6 Å². The Morgan fingerprint density at radius 3 is 2.34 bits per heavy atom. The van der Waals surface area contributed by atoms with Gasteiger partial charge in [0.05, 0.1) is 22.2 Å². The van der Waals surface area contributed by atoms with Crippen LogP contribution in [0.15, 0.2) is 42.1 Å². The second kappa shape index (κ2) is 8.74. The fourth-order valence-corrected chi connectivity index (χ4v) is 3.58. The fraction of sp³-hybridized carbons (Fsp3) is 0.182. The molecule has 0 aliphatic carbocycles. The van der Waals surface area contributed by atoms with E-state index < -0.39 is 23.3 Å². The maximum Gasteiger partial charge on any atom is 0.253 e. The summed E-state index contributed by atoms with van der Waals surface area (Å²) in [6.07, 6.45) is 2.48. The Balaban J connectivity index is 0.000000153. The summed E-state index contributed by atoms with van der Waals surface area (Å²) < 4.78 is 53.2. The molecule has 4 N–H and O–H groups in total. The first-order valence-electron chi connectivity index (χ1n) is 9.80. The van der Waals surface area contributed by atoms with Gasteiger partial charge in [0.25, 0.3) is 5.91 Å². The number of aromatic nitrogens is 1. The van der Waals surface area contributed by atoms with E-state index in [2.05, 4.69) is 20.9 Å². The van der Waals surface area contributed by atoms with Crippen molar-refractivity contribution in [3.05, 3.63) is 76.6 Å². The number of benzene rings is 2. The summed E-state index contributed by atoms with van der Waals surface area (Å²) >= 11 is 0. The van der Waals surface area contributed by atoms with E-state index in [1.165, 1.54) is 6.08 Å². The Morgan fingerprint density at radius 2 is 1.56 bits per heavy atom. The van der Waals surface area contributed by atoms with Gasteiger partial charge in [-0.1, -0.05) is 0 Å². The van der Waals surface area contributed by atoms with Crippen LogP contribution in [0.1, 0.15) is 22.5 Å². The molecule has 32 heavy (non-hydrogen) atoms. The van der Waals surface area contributed by atoms with Gasteiger partial charge in [0.15, 0.2) is 0 Å². The van der Waals surface area contributed by atoms with Crippen LogP contribution >= 0.6 is 0 Å². The van der Waals surface area contributed by atoms with Gasteiger partial charge in [-0.3, -0.25) is 9.59 Å². The van der Waals surface area contributed by atoms with Gasteiger partial charge < -0.3 is 20.9 Å². The van der Waals surface area contributed by atoms with Crippen molar-refractivity contribution >= 4 is 28.4 Å². The van der Waals surface area contributed by atoms with E-state index in [0.29, 0.717) is 37.3 Å². The number of carbonyl (C=O) groups is 2. The highest BCUT2D eigenvalue weighted by molar-refractivity contribution is 6.09. The number of hydrogen-bond acceptors (Lipinski definition) is 3. The molecule has 5 rings (SSSR count). The van der Waals surface area contributed by atoms with Crippen LogP contribution < -0.4 is 16.0 Å². The van der Waals surface area contributed by atoms with Gasteiger partial charge in [-0.2, -0.15) is 0 Å².